The van der Waals surface area contributed by atoms with Crippen LogP contribution in [0.1, 0.15) is 12.0 Å². The molecule has 5 heteroatoms. The zero-order chi connectivity index (χ0) is 13.4. The lowest BCUT2D eigenvalue weighted by atomic mass is 10.2. The lowest BCUT2D eigenvalue weighted by Gasteiger charge is -2.21. The molecule has 0 fully saturated rings. The zero-order valence-electron chi connectivity index (χ0n) is 10.3. The highest BCUT2D eigenvalue weighted by Gasteiger charge is 2.10. The number of nitrogens with zero attached hydrogens (tertiary/aromatic N) is 2. The van der Waals surface area contributed by atoms with Gasteiger partial charge < -0.3 is 4.74 Å². The van der Waals surface area contributed by atoms with Crippen molar-refractivity contribution in [3.63, 3.8) is 0 Å². The topological polar surface area (TPSA) is 36.3 Å². The molecule has 0 spiro atoms. The van der Waals surface area contributed by atoms with Crippen molar-refractivity contribution in [3.8, 4) is 6.07 Å². The van der Waals surface area contributed by atoms with Gasteiger partial charge in [-0.2, -0.15) is 5.26 Å². The third-order valence-electron chi connectivity index (χ3n) is 2.58. The van der Waals surface area contributed by atoms with Gasteiger partial charge in [-0.25, -0.2) is 0 Å². The Balaban J connectivity index is 2.69. The van der Waals surface area contributed by atoms with Crippen LogP contribution in [0.4, 0.5) is 0 Å². The fourth-order valence-electron chi connectivity index (χ4n) is 1.61. The first-order valence-electron chi connectivity index (χ1n) is 5.70. The van der Waals surface area contributed by atoms with E-state index < -0.39 is 0 Å². The predicted octanol–water partition coefficient (Wildman–Crippen LogP) is 3.36. The Hall–Kier alpha value is -0.790. The van der Waals surface area contributed by atoms with Gasteiger partial charge in [0.05, 0.1) is 22.7 Å². The van der Waals surface area contributed by atoms with E-state index in [2.05, 4.69) is 11.0 Å². The lowest BCUT2D eigenvalue weighted by Crippen LogP contribution is -2.28. The van der Waals surface area contributed by atoms with E-state index in [-0.39, 0.29) is 0 Å². The van der Waals surface area contributed by atoms with Crippen molar-refractivity contribution in [2.75, 3.05) is 26.8 Å². The second-order valence-corrected chi connectivity index (χ2v) is 4.68. The number of ether oxygens (including phenoxy) is 1. The minimum atomic E-state index is 0.488. The fourth-order valence-corrected chi connectivity index (χ4v) is 1.99. The fraction of sp³-hybridized carbons (Fsp3) is 0.462. The Morgan fingerprint density at radius 1 is 1.33 bits per heavy atom. The molecule has 0 aromatic heterocycles. The van der Waals surface area contributed by atoms with Crippen LogP contribution in [0.3, 0.4) is 0 Å². The van der Waals surface area contributed by atoms with Crippen LogP contribution in [-0.2, 0) is 11.3 Å². The van der Waals surface area contributed by atoms with Gasteiger partial charge in [-0.3, -0.25) is 4.90 Å². The summed E-state index contributed by atoms with van der Waals surface area (Å²) in [6.07, 6.45) is 0.488. The quantitative estimate of drug-likeness (QED) is 0.771. The molecule has 1 aromatic carbocycles. The molecule has 98 valence electrons. The van der Waals surface area contributed by atoms with Gasteiger partial charge in [-0.15, -0.1) is 0 Å². The predicted molar refractivity (Wildman–Crippen MR) is 73.8 cm³/mol. The summed E-state index contributed by atoms with van der Waals surface area (Å²) in [7, 11) is 1.66. The number of hydrogen-bond acceptors (Lipinski definition) is 3. The highest BCUT2D eigenvalue weighted by Crippen LogP contribution is 2.26. The maximum absolute atomic E-state index is 8.65. The van der Waals surface area contributed by atoms with E-state index in [1.165, 1.54) is 0 Å². The van der Waals surface area contributed by atoms with Gasteiger partial charge in [0.2, 0.25) is 0 Å². The molecule has 0 N–H and O–H groups in total. The summed E-state index contributed by atoms with van der Waals surface area (Å²) in [6, 6.07) is 7.73. The Kier molecular flexibility index (Phi) is 7.07. The summed E-state index contributed by atoms with van der Waals surface area (Å²) in [6.45, 7) is 2.76. The largest absolute Gasteiger partial charge is 0.383 e. The van der Waals surface area contributed by atoms with Crippen LogP contribution in [0.5, 0.6) is 0 Å². The van der Waals surface area contributed by atoms with Crippen molar-refractivity contribution in [1.82, 2.24) is 4.90 Å². The van der Waals surface area contributed by atoms with Crippen molar-refractivity contribution in [1.29, 1.82) is 5.26 Å². The maximum atomic E-state index is 8.65. The van der Waals surface area contributed by atoms with Gasteiger partial charge >= 0.3 is 0 Å². The van der Waals surface area contributed by atoms with Gasteiger partial charge in [0.1, 0.15) is 0 Å². The first kappa shape index (κ1) is 15.3. The molecule has 3 nitrogen and oxygen atoms in total. The van der Waals surface area contributed by atoms with Crippen molar-refractivity contribution >= 4 is 23.2 Å². The summed E-state index contributed by atoms with van der Waals surface area (Å²) in [5.41, 5.74) is 0.971. The summed E-state index contributed by atoms with van der Waals surface area (Å²) >= 11 is 12.1. The highest BCUT2D eigenvalue weighted by molar-refractivity contribution is 6.42. The molecule has 0 aliphatic rings. The number of benzene rings is 1. The third-order valence-corrected chi connectivity index (χ3v) is 3.44. The molecule has 0 saturated carbocycles. The molecule has 0 amide bonds. The standard InChI is InChI=1S/C13H16Cl2N2O/c1-18-9-8-17(7-3-6-16)10-11-4-2-5-12(14)13(11)15/h2,4-5H,3,7-10H2,1H3. The van der Waals surface area contributed by atoms with Gasteiger partial charge in [-0.05, 0) is 11.6 Å². The van der Waals surface area contributed by atoms with E-state index in [0.717, 1.165) is 12.1 Å². The lowest BCUT2D eigenvalue weighted by molar-refractivity contribution is 0.145. The zero-order valence-corrected chi connectivity index (χ0v) is 11.8. The molecular weight excluding hydrogens is 271 g/mol. The van der Waals surface area contributed by atoms with Gasteiger partial charge in [0, 0.05) is 33.2 Å². The first-order valence-corrected chi connectivity index (χ1v) is 6.45. The number of halogens is 2. The molecule has 0 unspecified atom stereocenters. The van der Waals surface area contributed by atoms with Crippen molar-refractivity contribution in [2.24, 2.45) is 0 Å². The van der Waals surface area contributed by atoms with Gasteiger partial charge in [0.15, 0.2) is 0 Å². The molecule has 0 aliphatic carbocycles. The molecule has 0 radical (unpaired) electrons. The molecule has 0 heterocycles. The SMILES string of the molecule is COCCN(CCC#N)Cc1cccc(Cl)c1Cl. The van der Waals surface area contributed by atoms with Gasteiger partial charge in [-0.1, -0.05) is 35.3 Å². The van der Waals surface area contributed by atoms with E-state index in [0.29, 0.717) is 36.2 Å². The summed E-state index contributed by atoms with van der Waals surface area (Å²) in [5.74, 6) is 0. The highest BCUT2D eigenvalue weighted by atomic mass is 35.5. The van der Waals surface area contributed by atoms with E-state index in [1.807, 2.05) is 12.1 Å². The van der Waals surface area contributed by atoms with Crippen LogP contribution in [0.15, 0.2) is 18.2 Å². The van der Waals surface area contributed by atoms with Crippen LogP contribution in [0, 0.1) is 11.3 Å². The van der Waals surface area contributed by atoms with Crippen LogP contribution >= 0.6 is 23.2 Å². The first-order chi connectivity index (χ1) is 8.69. The molecule has 0 atom stereocenters. The van der Waals surface area contributed by atoms with E-state index in [4.69, 9.17) is 33.2 Å². The van der Waals surface area contributed by atoms with Crippen molar-refractivity contribution in [2.45, 2.75) is 13.0 Å². The van der Waals surface area contributed by atoms with Crippen molar-refractivity contribution < 1.29 is 4.74 Å². The Bertz CT molecular complexity index is 418. The molecule has 18 heavy (non-hydrogen) atoms. The molecule has 0 saturated heterocycles. The number of rotatable bonds is 7. The van der Waals surface area contributed by atoms with Crippen LogP contribution in [0.2, 0.25) is 10.0 Å². The minimum absolute atomic E-state index is 0.488. The van der Waals surface area contributed by atoms with Crippen LogP contribution < -0.4 is 0 Å². The van der Waals surface area contributed by atoms with Gasteiger partial charge in [0.25, 0.3) is 0 Å². The van der Waals surface area contributed by atoms with E-state index in [1.54, 1.807) is 13.2 Å². The number of hydrogen-bond donors (Lipinski definition) is 0. The van der Waals surface area contributed by atoms with Crippen LogP contribution in [-0.4, -0.2) is 31.7 Å². The molecule has 0 bridgehead atoms. The molecular formula is C13H16Cl2N2O. The Morgan fingerprint density at radius 3 is 2.78 bits per heavy atom. The minimum Gasteiger partial charge on any atom is -0.383 e. The van der Waals surface area contributed by atoms with Crippen LogP contribution in [0.25, 0.3) is 0 Å². The monoisotopic (exact) mass is 286 g/mol. The average Bonchev–Trinajstić information content (AvgIpc) is 2.38. The summed E-state index contributed by atoms with van der Waals surface area (Å²) < 4.78 is 5.06. The summed E-state index contributed by atoms with van der Waals surface area (Å²) in [4.78, 5) is 2.13. The molecule has 1 aromatic rings. The molecule has 1 rings (SSSR count). The Morgan fingerprint density at radius 2 is 2.11 bits per heavy atom. The van der Waals surface area contributed by atoms with Crippen molar-refractivity contribution in [3.05, 3.63) is 33.8 Å². The van der Waals surface area contributed by atoms with E-state index >= 15 is 0 Å². The maximum Gasteiger partial charge on any atom is 0.0637 e. The number of nitriles is 1. The Labute approximate surface area is 118 Å². The summed E-state index contributed by atoms with van der Waals surface area (Å²) in [5, 5.41) is 9.79. The smallest absolute Gasteiger partial charge is 0.0637 e. The normalized spacial score (nSPS) is 10.6. The number of methoxy groups -OCH3 is 1. The van der Waals surface area contributed by atoms with E-state index in [9.17, 15) is 0 Å². The third kappa shape index (κ3) is 4.83. The molecule has 0 aliphatic heterocycles. The second kappa shape index (κ2) is 8.34. The second-order valence-electron chi connectivity index (χ2n) is 3.89. The average molecular weight is 287 g/mol.